The zero-order valence-corrected chi connectivity index (χ0v) is 15.8. The van der Waals surface area contributed by atoms with Crippen LogP contribution in [0.2, 0.25) is 5.02 Å². The first-order valence-electron chi connectivity index (χ1n) is 9.38. The molecule has 5 nitrogen and oxygen atoms in total. The molecule has 0 aliphatic carbocycles. The summed E-state index contributed by atoms with van der Waals surface area (Å²) in [6.07, 6.45) is 10.6. The van der Waals surface area contributed by atoms with Crippen molar-refractivity contribution in [3.05, 3.63) is 41.4 Å². The molecular formula is C20H27ClN4O. The number of nitrogens with zero attached hydrogens (tertiary/aromatic N) is 2. The van der Waals surface area contributed by atoms with Gasteiger partial charge in [0.05, 0.1) is 10.7 Å². The van der Waals surface area contributed by atoms with E-state index in [0.717, 1.165) is 74.4 Å². The van der Waals surface area contributed by atoms with E-state index in [1.807, 2.05) is 12.4 Å². The summed E-state index contributed by atoms with van der Waals surface area (Å²) in [4.78, 5) is 8.82. The minimum absolute atomic E-state index is 0.649. The molecule has 0 bridgehead atoms. The minimum Gasteiger partial charge on any atom is -0.384 e. The number of aromatic nitrogens is 2. The number of aryl methyl sites for hydroxylation is 1. The van der Waals surface area contributed by atoms with Gasteiger partial charge in [-0.15, -0.1) is 0 Å². The van der Waals surface area contributed by atoms with Crippen LogP contribution in [0.3, 0.4) is 0 Å². The average Bonchev–Trinajstić information content (AvgIpc) is 2.69. The molecule has 2 aromatic rings. The Hall–Kier alpha value is -1.69. The summed E-state index contributed by atoms with van der Waals surface area (Å²) >= 11 is 6.40. The molecule has 0 spiro atoms. The Morgan fingerprint density at radius 2 is 2.00 bits per heavy atom. The molecular weight excluding hydrogens is 348 g/mol. The van der Waals surface area contributed by atoms with Gasteiger partial charge in [-0.1, -0.05) is 11.6 Å². The highest BCUT2D eigenvalue weighted by molar-refractivity contribution is 6.33. The van der Waals surface area contributed by atoms with Crippen LogP contribution in [0.4, 0.5) is 5.69 Å². The predicted molar refractivity (Wildman–Crippen MR) is 107 cm³/mol. The van der Waals surface area contributed by atoms with Gasteiger partial charge in [-0.25, -0.2) is 0 Å². The third-order valence-electron chi connectivity index (χ3n) is 4.78. The number of unbranched alkanes of at least 4 members (excludes halogenated alkanes) is 1. The summed E-state index contributed by atoms with van der Waals surface area (Å²) in [6, 6.07) is 4.18. The molecule has 3 heterocycles. The van der Waals surface area contributed by atoms with E-state index in [1.165, 1.54) is 0 Å². The third-order valence-corrected chi connectivity index (χ3v) is 5.09. The van der Waals surface area contributed by atoms with E-state index in [-0.39, 0.29) is 0 Å². The van der Waals surface area contributed by atoms with Crippen molar-refractivity contribution >= 4 is 17.3 Å². The lowest BCUT2D eigenvalue weighted by atomic mass is 10.0. The van der Waals surface area contributed by atoms with Crippen LogP contribution in [0, 0.1) is 5.92 Å². The number of rotatable bonds is 8. The number of halogens is 1. The van der Waals surface area contributed by atoms with Crippen molar-refractivity contribution in [2.45, 2.75) is 32.1 Å². The molecule has 0 saturated carbocycles. The Balaban J connectivity index is 1.69. The highest BCUT2D eigenvalue weighted by Gasteiger charge is 2.14. The number of ether oxygens (including phenoxy) is 1. The maximum absolute atomic E-state index is 6.40. The molecule has 1 aliphatic heterocycles. The second-order valence-corrected chi connectivity index (χ2v) is 7.21. The maximum Gasteiger partial charge on any atom is 0.0668 e. The molecule has 0 unspecified atom stereocenters. The first kappa shape index (κ1) is 19.1. The SMILES string of the molecule is NCCCCc1cc(-c2cncc(NCC3CCOCC3)c2)c(Cl)cn1. The van der Waals surface area contributed by atoms with Crippen LogP contribution in [0.25, 0.3) is 11.1 Å². The predicted octanol–water partition coefficient (Wildman–Crippen LogP) is 3.92. The molecule has 0 amide bonds. The van der Waals surface area contributed by atoms with Crippen molar-refractivity contribution in [1.82, 2.24) is 9.97 Å². The number of hydrogen-bond donors (Lipinski definition) is 2. The van der Waals surface area contributed by atoms with E-state index in [0.29, 0.717) is 17.5 Å². The number of nitrogens with one attached hydrogen (secondary N) is 1. The highest BCUT2D eigenvalue weighted by Crippen LogP contribution is 2.29. The van der Waals surface area contributed by atoms with Gasteiger partial charge in [-0.3, -0.25) is 9.97 Å². The lowest BCUT2D eigenvalue weighted by molar-refractivity contribution is 0.0699. The van der Waals surface area contributed by atoms with Gasteiger partial charge in [0.2, 0.25) is 0 Å². The fourth-order valence-electron chi connectivity index (χ4n) is 3.19. The van der Waals surface area contributed by atoms with Gasteiger partial charge in [0.25, 0.3) is 0 Å². The summed E-state index contributed by atoms with van der Waals surface area (Å²) in [5.41, 5.74) is 9.62. The largest absolute Gasteiger partial charge is 0.384 e. The van der Waals surface area contributed by atoms with Crippen LogP contribution in [0.5, 0.6) is 0 Å². The van der Waals surface area contributed by atoms with Crippen LogP contribution in [0.1, 0.15) is 31.4 Å². The van der Waals surface area contributed by atoms with Crippen molar-refractivity contribution in [2.24, 2.45) is 11.7 Å². The summed E-state index contributed by atoms with van der Waals surface area (Å²) in [7, 11) is 0. The second kappa shape index (κ2) is 9.86. The zero-order chi connectivity index (χ0) is 18.2. The Kier molecular flexibility index (Phi) is 7.23. The van der Waals surface area contributed by atoms with Gasteiger partial charge in [0.1, 0.15) is 0 Å². The van der Waals surface area contributed by atoms with Crippen LogP contribution in [0.15, 0.2) is 30.7 Å². The Morgan fingerprint density at radius 3 is 2.81 bits per heavy atom. The summed E-state index contributed by atoms with van der Waals surface area (Å²) < 4.78 is 5.42. The molecule has 6 heteroatoms. The van der Waals surface area contributed by atoms with Crippen LogP contribution in [-0.2, 0) is 11.2 Å². The van der Waals surface area contributed by atoms with Crippen molar-refractivity contribution in [3.63, 3.8) is 0 Å². The second-order valence-electron chi connectivity index (χ2n) is 6.80. The summed E-state index contributed by atoms with van der Waals surface area (Å²) in [5, 5.41) is 4.16. The molecule has 0 aromatic carbocycles. The normalized spacial score (nSPS) is 15.2. The fourth-order valence-corrected chi connectivity index (χ4v) is 3.40. The van der Waals surface area contributed by atoms with E-state index < -0.39 is 0 Å². The lowest BCUT2D eigenvalue weighted by Gasteiger charge is -2.22. The summed E-state index contributed by atoms with van der Waals surface area (Å²) in [5.74, 6) is 0.658. The Morgan fingerprint density at radius 1 is 1.15 bits per heavy atom. The average molecular weight is 375 g/mol. The minimum atomic E-state index is 0.649. The number of pyridine rings is 2. The van der Waals surface area contributed by atoms with E-state index in [1.54, 1.807) is 6.20 Å². The van der Waals surface area contributed by atoms with Crippen LogP contribution >= 0.6 is 11.6 Å². The molecule has 26 heavy (non-hydrogen) atoms. The first-order chi connectivity index (χ1) is 12.8. The molecule has 0 radical (unpaired) electrons. The topological polar surface area (TPSA) is 73.1 Å². The van der Waals surface area contributed by atoms with Crippen LogP contribution in [-0.4, -0.2) is 36.3 Å². The van der Waals surface area contributed by atoms with Crippen molar-refractivity contribution in [1.29, 1.82) is 0 Å². The quantitative estimate of drug-likeness (QED) is 0.685. The van der Waals surface area contributed by atoms with Crippen molar-refractivity contribution in [2.75, 3.05) is 31.6 Å². The Labute approximate surface area is 160 Å². The first-order valence-corrected chi connectivity index (χ1v) is 9.75. The van der Waals surface area contributed by atoms with E-state index in [4.69, 9.17) is 22.1 Å². The smallest absolute Gasteiger partial charge is 0.0668 e. The zero-order valence-electron chi connectivity index (χ0n) is 15.1. The molecule has 0 atom stereocenters. The van der Waals surface area contributed by atoms with Gasteiger partial charge < -0.3 is 15.8 Å². The Bertz CT molecular complexity index is 704. The summed E-state index contributed by atoms with van der Waals surface area (Å²) in [6.45, 7) is 3.39. The number of nitrogens with two attached hydrogens (primary N) is 1. The molecule has 3 rings (SSSR count). The van der Waals surface area contributed by atoms with Gasteiger partial charge in [0.15, 0.2) is 0 Å². The molecule has 1 aliphatic rings. The van der Waals surface area contributed by atoms with Gasteiger partial charge >= 0.3 is 0 Å². The van der Waals surface area contributed by atoms with E-state index >= 15 is 0 Å². The van der Waals surface area contributed by atoms with Gasteiger partial charge in [-0.05, 0) is 56.7 Å². The lowest BCUT2D eigenvalue weighted by Crippen LogP contribution is -2.22. The monoisotopic (exact) mass is 374 g/mol. The standard InChI is InChI=1S/C20H27ClN4O/c21-20-14-25-17(3-1-2-6-22)10-19(20)16-9-18(13-23-12-16)24-11-15-4-7-26-8-5-15/h9-10,12-15,24H,1-8,11,22H2. The van der Waals surface area contributed by atoms with Crippen LogP contribution < -0.4 is 11.1 Å². The van der Waals surface area contributed by atoms with E-state index in [2.05, 4.69) is 27.4 Å². The van der Waals surface area contributed by atoms with Crippen molar-refractivity contribution in [3.8, 4) is 11.1 Å². The van der Waals surface area contributed by atoms with Gasteiger partial charge in [0, 0.05) is 55.2 Å². The molecule has 140 valence electrons. The maximum atomic E-state index is 6.40. The van der Waals surface area contributed by atoms with Gasteiger partial charge in [-0.2, -0.15) is 0 Å². The number of anilines is 1. The highest BCUT2D eigenvalue weighted by atomic mass is 35.5. The van der Waals surface area contributed by atoms with Crippen molar-refractivity contribution < 1.29 is 4.74 Å². The number of hydrogen-bond acceptors (Lipinski definition) is 5. The molecule has 2 aromatic heterocycles. The fraction of sp³-hybridized carbons (Fsp3) is 0.500. The van der Waals surface area contributed by atoms with E-state index in [9.17, 15) is 0 Å². The molecule has 1 fully saturated rings. The molecule has 3 N–H and O–H groups in total. The third kappa shape index (κ3) is 5.40. The molecule has 1 saturated heterocycles.